The summed E-state index contributed by atoms with van der Waals surface area (Å²) in [5.41, 5.74) is 3.25. The fourth-order valence-corrected chi connectivity index (χ4v) is 4.05. The van der Waals surface area contributed by atoms with Crippen LogP contribution in [-0.4, -0.2) is 40.2 Å². The molecule has 1 aliphatic rings. The Morgan fingerprint density at radius 2 is 1.90 bits per heavy atom. The molecule has 0 aliphatic carbocycles. The second-order valence-electron chi connectivity index (χ2n) is 7.69. The number of hydrogen-bond donors (Lipinski definition) is 1. The van der Waals surface area contributed by atoms with Gasteiger partial charge in [0.1, 0.15) is 0 Å². The molecule has 1 saturated heterocycles. The van der Waals surface area contributed by atoms with E-state index < -0.39 is 4.92 Å². The molecule has 0 radical (unpaired) electrons. The Kier molecular flexibility index (Phi) is 5.97. The third kappa shape index (κ3) is 4.42. The number of anilines is 1. The van der Waals surface area contributed by atoms with E-state index in [1.165, 1.54) is 17.8 Å². The Morgan fingerprint density at radius 3 is 2.58 bits per heavy atom. The molecular weight excluding hydrogens is 394 g/mol. The van der Waals surface area contributed by atoms with Crippen LogP contribution in [0.2, 0.25) is 0 Å². The van der Waals surface area contributed by atoms with Gasteiger partial charge in [-0.1, -0.05) is 25.1 Å². The van der Waals surface area contributed by atoms with E-state index in [0.717, 1.165) is 25.2 Å². The van der Waals surface area contributed by atoms with Gasteiger partial charge in [-0.05, 0) is 43.0 Å². The molecule has 0 spiro atoms. The first-order valence-corrected chi connectivity index (χ1v) is 10.5. The van der Waals surface area contributed by atoms with Gasteiger partial charge in [0.25, 0.3) is 11.6 Å². The molecule has 0 saturated carbocycles. The number of benzene rings is 2. The molecule has 0 bridgehead atoms. The van der Waals surface area contributed by atoms with Gasteiger partial charge in [-0.25, -0.2) is 4.68 Å². The fraction of sp³-hybridized carbons (Fsp3) is 0.304. The summed E-state index contributed by atoms with van der Waals surface area (Å²) in [5, 5.41) is 18.3. The molecule has 1 fully saturated rings. The number of carbonyl (C=O) groups is 1. The zero-order valence-corrected chi connectivity index (χ0v) is 17.4. The van der Waals surface area contributed by atoms with Crippen LogP contribution in [0.25, 0.3) is 5.69 Å². The lowest BCUT2D eigenvalue weighted by atomic mass is 10.1. The first-order valence-electron chi connectivity index (χ1n) is 10.5. The minimum atomic E-state index is -0.436. The Labute approximate surface area is 180 Å². The standard InChI is InChI=1S/C23H25N5O3/c1-2-22-21(15-25-27(22)19-8-10-20(11-9-19)28(30)31)23(29)24-14-17-12-13-26(16-17)18-6-4-3-5-7-18/h3-11,15,17H,2,12-14,16H2,1H3,(H,24,29)/t17-/m0/s1. The fourth-order valence-electron chi connectivity index (χ4n) is 4.05. The highest BCUT2D eigenvalue weighted by Gasteiger charge is 2.24. The van der Waals surface area contributed by atoms with Crippen LogP contribution in [0.3, 0.4) is 0 Å². The zero-order chi connectivity index (χ0) is 21.8. The highest BCUT2D eigenvalue weighted by Crippen LogP contribution is 2.23. The normalized spacial score (nSPS) is 15.8. The zero-order valence-electron chi connectivity index (χ0n) is 17.4. The van der Waals surface area contributed by atoms with Crippen molar-refractivity contribution in [3.05, 3.63) is 82.2 Å². The number of nitrogens with one attached hydrogen (secondary N) is 1. The molecule has 8 heteroatoms. The summed E-state index contributed by atoms with van der Waals surface area (Å²) in [5.74, 6) is 0.266. The minimum Gasteiger partial charge on any atom is -0.371 e. The van der Waals surface area contributed by atoms with Gasteiger partial charge in [-0.15, -0.1) is 0 Å². The first kappa shape index (κ1) is 20.6. The topological polar surface area (TPSA) is 93.3 Å². The smallest absolute Gasteiger partial charge is 0.269 e. The second kappa shape index (κ2) is 8.99. The van der Waals surface area contributed by atoms with Crippen molar-refractivity contribution in [1.29, 1.82) is 0 Å². The highest BCUT2D eigenvalue weighted by molar-refractivity contribution is 5.95. The Bertz CT molecular complexity index is 1060. The molecule has 3 aromatic rings. The quantitative estimate of drug-likeness (QED) is 0.467. The van der Waals surface area contributed by atoms with Crippen LogP contribution in [0, 0.1) is 16.0 Å². The van der Waals surface area contributed by atoms with Crippen LogP contribution in [0.5, 0.6) is 0 Å². The predicted octanol–water partition coefficient (Wildman–Crippen LogP) is 3.60. The third-order valence-electron chi connectivity index (χ3n) is 5.71. The van der Waals surface area contributed by atoms with Crippen molar-refractivity contribution < 1.29 is 9.72 Å². The van der Waals surface area contributed by atoms with Crippen molar-refractivity contribution in [2.75, 3.05) is 24.5 Å². The van der Waals surface area contributed by atoms with Crippen LogP contribution in [0.15, 0.2) is 60.8 Å². The number of carbonyl (C=O) groups excluding carboxylic acids is 1. The van der Waals surface area contributed by atoms with Gasteiger partial charge in [-0.2, -0.15) is 5.10 Å². The van der Waals surface area contributed by atoms with Gasteiger partial charge in [0, 0.05) is 37.5 Å². The van der Waals surface area contributed by atoms with Crippen molar-refractivity contribution in [3.8, 4) is 5.69 Å². The SMILES string of the molecule is CCc1c(C(=O)NC[C@@H]2CCN(c3ccccc3)C2)cnn1-c1ccc([N+](=O)[O-])cc1. The molecule has 2 heterocycles. The predicted molar refractivity (Wildman–Crippen MR) is 119 cm³/mol. The van der Waals surface area contributed by atoms with E-state index in [2.05, 4.69) is 27.4 Å². The number of nitro benzene ring substituents is 1. The maximum Gasteiger partial charge on any atom is 0.269 e. The van der Waals surface area contributed by atoms with Crippen molar-refractivity contribution in [2.45, 2.75) is 19.8 Å². The minimum absolute atomic E-state index is 0.0213. The molecule has 160 valence electrons. The van der Waals surface area contributed by atoms with Gasteiger partial charge < -0.3 is 10.2 Å². The van der Waals surface area contributed by atoms with Gasteiger partial charge in [0.05, 0.1) is 28.1 Å². The van der Waals surface area contributed by atoms with Crippen molar-refractivity contribution in [3.63, 3.8) is 0 Å². The number of rotatable bonds is 7. The van der Waals surface area contributed by atoms with E-state index in [-0.39, 0.29) is 11.6 Å². The lowest BCUT2D eigenvalue weighted by molar-refractivity contribution is -0.384. The number of nitro groups is 1. The molecule has 1 atom stereocenters. The summed E-state index contributed by atoms with van der Waals surface area (Å²) in [6.07, 6.45) is 3.23. The number of hydrogen-bond acceptors (Lipinski definition) is 5. The van der Waals surface area contributed by atoms with Crippen molar-refractivity contribution in [1.82, 2.24) is 15.1 Å². The number of aromatic nitrogens is 2. The molecule has 1 aliphatic heterocycles. The largest absolute Gasteiger partial charge is 0.371 e. The molecule has 31 heavy (non-hydrogen) atoms. The second-order valence-corrected chi connectivity index (χ2v) is 7.69. The summed E-state index contributed by atoms with van der Waals surface area (Å²) in [7, 11) is 0. The number of non-ortho nitro benzene ring substituents is 1. The highest BCUT2D eigenvalue weighted by atomic mass is 16.6. The van der Waals surface area contributed by atoms with E-state index in [1.54, 1.807) is 23.0 Å². The van der Waals surface area contributed by atoms with Crippen molar-refractivity contribution >= 4 is 17.3 Å². The molecule has 1 aromatic heterocycles. The Morgan fingerprint density at radius 1 is 1.16 bits per heavy atom. The van der Waals surface area contributed by atoms with Gasteiger partial charge in [0.15, 0.2) is 0 Å². The maximum atomic E-state index is 12.9. The van der Waals surface area contributed by atoms with Gasteiger partial charge >= 0.3 is 0 Å². The summed E-state index contributed by atoms with van der Waals surface area (Å²) in [6.45, 7) is 4.49. The lowest BCUT2D eigenvalue weighted by Gasteiger charge is -2.18. The molecule has 1 amide bonds. The first-order chi connectivity index (χ1) is 15.1. The van der Waals surface area contributed by atoms with Crippen molar-refractivity contribution in [2.24, 2.45) is 5.92 Å². The number of nitrogens with zero attached hydrogens (tertiary/aromatic N) is 4. The average Bonchev–Trinajstić information content (AvgIpc) is 3.45. The third-order valence-corrected chi connectivity index (χ3v) is 5.71. The molecule has 1 N–H and O–H groups in total. The van der Waals surface area contributed by atoms with E-state index in [0.29, 0.717) is 30.1 Å². The van der Waals surface area contributed by atoms with E-state index in [9.17, 15) is 14.9 Å². The summed E-state index contributed by atoms with van der Waals surface area (Å²) >= 11 is 0. The average molecular weight is 419 g/mol. The summed E-state index contributed by atoms with van der Waals surface area (Å²) in [4.78, 5) is 25.6. The van der Waals surface area contributed by atoms with Crippen LogP contribution in [0.1, 0.15) is 29.4 Å². The summed E-state index contributed by atoms with van der Waals surface area (Å²) < 4.78 is 1.67. The maximum absolute atomic E-state index is 12.9. The Hall–Kier alpha value is -3.68. The van der Waals surface area contributed by atoms with E-state index in [1.807, 2.05) is 25.1 Å². The van der Waals surface area contributed by atoms with Crippen LogP contribution < -0.4 is 10.2 Å². The monoisotopic (exact) mass is 419 g/mol. The van der Waals surface area contributed by atoms with Gasteiger partial charge in [-0.3, -0.25) is 14.9 Å². The number of amides is 1. The molecule has 2 aromatic carbocycles. The molecule has 4 rings (SSSR count). The van der Waals surface area contributed by atoms with Crippen LogP contribution >= 0.6 is 0 Å². The van der Waals surface area contributed by atoms with E-state index >= 15 is 0 Å². The van der Waals surface area contributed by atoms with E-state index in [4.69, 9.17) is 0 Å². The lowest BCUT2D eigenvalue weighted by Crippen LogP contribution is -2.31. The number of para-hydroxylation sites is 1. The van der Waals surface area contributed by atoms with Crippen LogP contribution in [-0.2, 0) is 6.42 Å². The molecular formula is C23H25N5O3. The van der Waals surface area contributed by atoms with Gasteiger partial charge in [0.2, 0.25) is 0 Å². The molecule has 0 unspecified atom stereocenters. The van der Waals surface area contributed by atoms with Crippen LogP contribution in [0.4, 0.5) is 11.4 Å². The molecule has 8 nitrogen and oxygen atoms in total. The Balaban J connectivity index is 1.40. The summed E-state index contributed by atoms with van der Waals surface area (Å²) in [6, 6.07) is 16.5.